The molecular weight excluding hydrogens is 252 g/mol. The Morgan fingerprint density at radius 3 is 2.55 bits per heavy atom. The molecule has 0 radical (unpaired) electrons. The van der Waals surface area contributed by atoms with Crippen LogP contribution < -0.4 is 0 Å². The third kappa shape index (κ3) is 9.93. The molecule has 1 aliphatic heterocycles. The van der Waals surface area contributed by atoms with Gasteiger partial charge in [0.1, 0.15) is 6.29 Å². The van der Waals surface area contributed by atoms with Crippen molar-refractivity contribution in [1.82, 2.24) is 0 Å². The Morgan fingerprint density at radius 2 is 1.80 bits per heavy atom. The van der Waals surface area contributed by atoms with Crippen LogP contribution >= 0.6 is 0 Å². The Bertz CT molecular complexity index is 278. The van der Waals surface area contributed by atoms with Gasteiger partial charge in [0.25, 0.3) is 0 Å². The lowest BCUT2D eigenvalue weighted by Crippen LogP contribution is -2.22. The highest BCUT2D eigenvalue weighted by atomic mass is 16.7. The van der Waals surface area contributed by atoms with Crippen molar-refractivity contribution in [2.75, 3.05) is 13.2 Å². The maximum absolute atomic E-state index is 10.1. The summed E-state index contributed by atoms with van der Waals surface area (Å²) < 4.78 is 11.1. The molecule has 0 aromatic rings. The van der Waals surface area contributed by atoms with E-state index in [0.717, 1.165) is 58.0 Å². The molecule has 20 heavy (non-hydrogen) atoms. The van der Waals surface area contributed by atoms with Crippen LogP contribution in [0.3, 0.4) is 0 Å². The highest BCUT2D eigenvalue weighted by Crippen LogP contribution is 2.13. The quantitative estimate of drug-likeness (QED) is 0.323. The molecular formula is C17H28O3. The number of allylic oxidation sites excluding steroid dienone is 3. The monoisotopic (exact) mass is 280 g/mol. The van der Waals surface area contributed by atoms with E-state index in [2.05, 4.69) is 24.3 Å². The van der Waals surface area contributed by atoms with Crippen LogP contribution in [0.2, 0.25) is 0 Å². The predicted molar refractivity (Wildman–Crippen MR) is 81.6 cm³/mol. The molecule has 114 valence electrons. The van der Waals surface area contributed by atoms with Crippen molar-refractivity contribution in [3.63, 3.8) is 0 Å². The molecule has 1 heterocycles. The number of hydrogen-bond acceptors (Lipinski definition) is 3. The maximum atomic E-state index is 10.1. The lowest BCUT2D eigenvalue weighted by Gasteiger charge is -2.22. The number of hydrogen-bond donors (Lipinski definition) is 0. The summed E-state index contributed by atoms with van der Waals surface area (Å²) in [7, 11) is 0. The van der Waals surface area contributed by atoms with Crippen molar-refractivity contribution in [2.45, 2.75) is 64.1 Å². The van der Waals surface area contributed by atoms with E-state index < -0.39 is 0 Å². The molecule has 0 N–H and O–H groups in total. The Hall–Kier alpha value is -0.930. The molecule has 1 saturated heterocycles. The van der Waals surface area contributed by atoms with E-state index in [-0.39, 0.29) is 6.29 Å². The van der Waals surface area contributed by atoms with Crippen molar-refractivity contribution in [3.05, 3.63) is 24.3 Å². The number of ether oxygens (including phenoxy) is 2. The van der Waals surface area contributed by atoms with Crippen LogP contribution in [0.15, 0.2) is 24.3 Å². The first kappa shape index (κ1) is 17.1. The first-order valence-electron chi connectivity index (χ1n) is 7.90. The minimum atomic E-state index is 0.0309. The summed E-state index contributed by atoms with van der Waals surface area (Å²) in [6.07, 6.45) is 19.0. The van der Waals surface area contributed by atoms with Gasteiger partial charge in [-0.15, -0.1) is 0 Å². The van der Waals surface area contributed by atoms with E-state index in [4.69, 9.17) is 9.47 Å². The summed E-state index contributed by atoms with van der Waals surface area (Å²) in [5, 5.41) is 0. The van der Waals surface area contributed by atoms with Crippen molar-refractivity contribution in [3.8, 4) is 0 Å². The second-order valence-electron chi connectivity index (χ2n) is 5.09. The van der Waals surface area contributed by atoms with Gasteiger partial charge in [-0.1, -0.05) is 24.3 Å². The molecule has 1 fully saturated rings. The summed E-state index contributed by atoms with van der Waals surface area (Å²) in [4.78, 5) is 10.1. The van der Waals surface area contributed by atoms with Gasteiger partial charge < -0.3 is 14.3 Å². The fourth-order valence-electron chi connectivity index (χ4n) is 2.11. The summed E-state index contributed by atoms with van der Waals surface area (Å²) in [6.45, 7) is 1.59. The van der Waals surface area contributed by atoms with Gasteiger partial charge >= 0.3 is 0 Å². The molecule has 1 atom stereocenters. The van der Waals surface area contributed by atoms with Gasteiger partial charge in [0.05, 0.1) is 6.61 Å². The molecule has 3 nitrogen and oxygen atoms in total. The fourth-order valence-corrected chi connectivity index (χ4v) is 2.11. The van der Waals surface area contributed by atoms with E-state index >= 15 is 0 Å². The molecule has 0 aromatic heterocycles. The summed E-state index contributed by atoms with van der Waals surface area (Å²) in [6, 6.07) is 0. The zero-order chi connectivity index (χ0) is 14.3. The van der Waals surface area contributed by atoms with E-state index in [0.29, 0.717) is 6.42 Å². The molecule has 3 heteroatoms. The van der Waals surface area contributed by atoms with Crippen molar-refractivity contribution < 1.29 is 14.3 Å². The van der Waals surface area contributed by atoms with Gasteiger partial charge in [-0.2, -0.15) is 0 Å². The summed E-state index contributed by atoms with van der Waals surface area (Å²) >= 11 is 0. The Kier molecular flexibility index (Phi) is 11.2. The third-order valence-electron chi connectivity index (χ3n) is 3.27. The predicted octanol–water partition coefficient (Wildman–Crippen LogP) is 4.18. The summed E-state index contributed by atoms with van der Waals surface area (Å²) in [5.41, 5.74) is 0. The first-order chi connectivity index (χ1) is 9.93. The van der Waals surface area contributed by atoms with Crippen LogP contribution in [0.5, 0.6) is 0 Å². The van der Waals surface area contributed by atoms with Crippen LogP contribution in [-0.4, -0.2) is 25.8 Å². The first-order valence-corrected chi connectivity index (χ1v) is 7.90. The average molecular weight is 280 g/mol. The molecule has 1 rings (SSSR count). The Morgan fingerprint density at radius 1 is 1.00 bits per heavy atom. The molecule has 0 saturated carbocycles. The lowest BCUT2D eigenvalue weighted by atomic mass is 10.2. The van der Waals surface area contributed by atoms with Gasteiger partial charge in [-0.25, -0.2) is 0 Å². The van der Waals surface area contributed by atoms with E-state index in [1.54, 1.807) is 0 Å². The van der Waals surface area contributed by atoms with Crippen LogP contribution in [0.4, 0.5) is 0 Å². The number of carbonyl (C=O) groups excluding carboxylic acids is 1. The number of carbonyl (C=O) groups is 1. The van der Waals surface area contributed by atoms with Crippen LogP contribution in [0.25, 0.3) is 0 Å². The van der Waals surface area contributed by atoms with Gasteiger partial charge in [0, 0.05) is 13.0 Å². The van der Waals surface area contributed by atoms with Gasteiger partial charge in [-0.05, 0) is 51.4 Å². The largest absolute Gasteiger partial charge is 0.353 e. The van der Waals surface area contributed by atoms with E-state index in [1.165, 1.54) is 12.8 Å². The number of rotatable bonds is 11. The zero-order valence-electron chi connectivity index (χ0n) is 12.5. The molecule has 0 amide bonds. The number of aldehydes is 1. The second-order valence-corrected chi connectivity index (χ2v) is 5.09. The van der Waals surface area contributed by atoms with Crippen LogP contribution in [0, 0.1) is 0 Å². The maximum Gasteiger partial charge on any atom is 0.157 e. The van der Waals surface area contributed by atoms with Crippen LogP contribution in [-0.2, 0) is 14.3 Å². The van der Waals surface area contributed by atoms with Gasteiger partial charge in [0.2, 0.25) is 0 Å². The average Bonchev–Trinajstić information content (AvgIpc) is 2.49. The normalized spacial score (nSPS) is 19.9. The minimum Gasteiger partial charge on any atom is -0.353 e. The number of unbranched alkanes of at least 4 members (excludes halogenated alkanes) is 3. The smallest absolute Gasteiger partial charge is 0.157 e. The van der Waals surface area contributed by atoms with Crippen molar-refractivity contribution in [2.24, 2.45) is 0 Å². The Balaban J connectivity index is 1.86. The fraction of sp³-hybridized carbons (Fsp3) is 0.706. The molecule has 0 spiro atoms. The highest BCUT2D eigenvalue weighted by molar-refractivity contribution is 5.48. The van der Waals surface area contributed by atoms with Crippen molar-refractivity contribution >= 4 is 6.29 Å². The van der Waals surface area contributed by atoms with Gasteiger partial charge in [-0.3, -0.25) is 0 Å². The van der Waals surface area contributed by atoms with E-state index in [9.17, 15) is 4.79 Å². The highest BCUT2D eigenvalue weighted by Gasteiger charge is 2.12. The molecule has 1 aliphatic rings. The molecule has 0 aromatic carbocycles. The Labute approximate surface area is 123 Å². The minimum absolute atomic E-state index is 0.0309. The SMILES string of the molecule is O=CCCCCC=CCC=CCCOC1CCCCO1. The zero-order valence-corrected chi connectivity index (χ0v) is 12.5. The molecule has 1 unspecified atom stereocenters. The van der Waals surface area contributed by atoms with Gasteiger partial charge in [0.15, 0.2) is 6.29 Å². The standard InChI is InChI=1S/C17H28O3/c18-14-10-7-5-3-1-2-4-6-8-11-15-19-17-13-9-12-16-20-17/h1-2,6,8,14,17H,3-5,7,9-13,15-16H2. The molecule has 0 bridgehead atoms. The lowest BCUT2D eigenvalue weighted by molar-refractivity contribution is -0.161. The topological polar surface area (TPSA) is 35.5 Å². The van der Waals surface area contributed by atoms with Crippen LogP contribution in [0.1, 0.15) is 57.8 Å². The van der Waals surface area contributed by atoms with Crippen molar-refractivity contribution in [1.29, 1.82) is 0 Å². The third-order valence-corrected chi connectivity index (χ3v) is 3.27. The summed E-state index contributed by atoms with van der Waals surface area (Å²) in [5.74, 6) is 0. The second kappa shape index (κ2) is 13.1. The van der Waals surface area contributed by atoms with E-state index in [1.807, 2.05) is 0 Å². The molecule has 0 aliphatic carbocycles.